The van der Waals surface area contributed by atoms with E-state index in [0.717, 1.165) is 22.7 Å². The summed E-state index contributed by atoms with van der Waals surface area (Å²) in [6, 6.07) is 3.22. The molecular formula is C14H11N5O5S2. The molecule has 1 amide bonds. The van der Waals surface area contributed by atoms with Crippen LogP contribution in [0.4, 0.5) is 5.69 Å². The molecule has 26 heavy (non-hydrogen) atoms. The molecule has 0 saturated heterocycles. The first-order valence-electron chi connectivity index (χ1n) is 7.03. The molecule has 0 aliphatic rings. The minimum absolute atomic E-state index is 0.256. The van der Waals surface area contributed by atoms with Gasteiger partial charge in [0, 0.05) is 0 Å². The average Bonchev–Trinajstić information content (AvgIpc) is 3.39. The predicted molar refractivity (Wildman–Crippen MR) is 91.6 cm³/mol. The SMILES string of the molecule is COC(=O)c1sccc1NC(=O)COC(=O)c1sccc1-n1cnnn1. The van der Waals surface area contributed by atoms with Crippen LogP contribution in [0.3, 0.4) is 0 Å². The van der Waals surface area contributed by atoms with Crippen molar-refractivity contribution in [2.75, 3.05) is 19.0 Å². The second kappa shape index (κ2) is 7.84. The third kappa shape index (κ3) is 3.75. The van der Waals surface area contributed by atoms with Gasteiger partial charge in [0.2, 0.25) is 0 Å². The number of hydrogen-bond donors (Lipinski definition) is 1. The van der Waals surface area contributed by atoms with Crippen LogP contribution in [0.1, 0.15) is 19.3 Å². The van der Waals surface area contributed by atoms with Crippen LogP contribution < -0.4 is 5.32 Å². The lowest BCUT2D eigenvalue weighted by Gasteiger charge is -2.07. The standard InChI is InChI=1S/C14H11N5O5S2/c1-23-13(21)11-8(2-4-25-11)16-10(20)6-24-14(22)12-9(3-5-26-12)19-7-15-17-18-19/h2-5,7H,6H2,1H3,(H,16,20). The maximum Gasteiger partial charge on any atom is 0.351 e. The van der Waals surface area contributed by atoms with E-state index in [1.807, 2.05) is 0 Å². The number of aromatic nitrogens is 4. The molecule has 0 unspecified atom stereocenters. The first-order chi connectivity index (χ1) is 12.6. The van der Waals surface area contributed by atoms with E-state index in [1.54, 1.807) is 22.9 Å². The molecule has 134 valence electrons. The largest absolute Gasteiger partial charge is 0.465 e. The van der Waals surface area contributed by atoms with Crippen LogP contribution in [0.25, 0.3) is 5.69 Å². The Morgan fingerprint density at radius 1 is 1.15 bits per heavy atom. The molecule has 1 N–H and O–H groups in total. The minimum atomic E-state index is -0.681. The number of nitrogens with zero attached hydrogens (tertiary/aromatic N) is 4. The molecule has 0 aromatic carbocycles. The van der Waals surface area contributed by atoms with Gasteiger partial charge in [-0.15, -0.1) is 27.8 Å². The quantitative estimate of drug-likeness (QED) is 0.623. The fraction of sp³-hybridized carbons (Fsp3) is 0.143. The van der Waals surface area contributed by atoms with Crippen LogP contribution in [-0.2, 0) is 14.3 Å². The summed E-state index contributed by atoms with van der Waals surface area (Å²) < 4.78 is 11.0. The molecule has 0 fully saturated rings. The Morgan fingerprint density at radius 3 is 2.65 bits per heavy atom. The lowest BCUT2D eigenvalue weighted by molar-refractivity contribution is -0.119. The van der Waals surface area contributed by atoms with Gasteiger partial charge in [-0.3, -0.25) is 4.79 Å². The monoisotopic (exact) mass is 393 g/mol. The van der Waals surface area contributed by atoms with Crippen molar-refractivity contribution < 1.29 is 23.9 Å². The summed E-state index contributed by atoms with van der Waals surface area (Å²) in [4.78, 5) is 36.3. The van der Waals surface area contributed by atoms with Crippen molar-refractivity contribution in [1.82, 2.24) is 20.2 Å². The van der Waals surface area contributed by atoms with Gasteiger partial charge >= 0.3 is 11.9 Å². The summed E-state index contributed by atoms with van der Waals surface area (Å²) in [6.07, 6.45) is 1.34. The molecule has 3 heterocycles. The van der Waals surface area contributed by atoms with Crippen LogP contribution in [-0.4, -0.2) is 51.8 Å². The highest BCUT2D eigenvalue weighted by Gasteiger charge is 2.20. The van der Waals surface area contributed by atoms with Crippen molar-refractivity contribution in [3.8, 4) is 5.69 Å². The maximum atomic E-state index is 12.2. The summed E-state index contributed by atoms with van der Waals surface area (Å²) in [5.74, 6) is -1.82. The molecule has 0 saturated carbocycles. The number of hydrogen-bond acceptors (Lipinski definition) is 10. The second-order valence-electron chi connectivity index (χ2n) is 4.67. The van der Waals surface area contributed by atoms with Crippen LogP contribution in [0, 0.1) is 0 Å². The highest BCUT2D eigenvalue weighted by Crippen LogP contribution is 2.23. The normalized spacial score (nSPS) is 10.3. The average molecular weight is 393 g/mol. The van der Waals surface area contributed by atoms with E-state index in [-0.39, 0.29) is 9.75 Å². The Bertz CT molecular complexity index is 933. The van der Waals surface area contributed by atoms with Gasteiger partial charge in [0.05, 0.1) is 18.5 Å². The summed E-state index contributed by atoms with van der Waals surface area (Å²) in [6.45, 7) is -0.512. The zero-order valence-electron chi connectivity index (χ0n) is 13.2. The van der Waals surface area contributed by atoms with E-state index in [9.17, 15) is 14.4 Å². The molecule has 3 aromatic rings. The molecule has 10 nitrogen and oxygen atoms in total. The number of rotatable bonds is 6. The molecular weight excluding hydrogens is 382 g/mol. The second-order valence-corrected chi connectivity index (χ2v) is 6.50. The van der Waals surface area contributed by atoms with Gasteiger partial charge in [-0.2, -0.15) is 4.68 Å². The lowest BCUT2D eigenvalue weighted by atomic mass is 10.3. The molecule has 0 aliphatic heterocycles. The van der Waals surface area contributed by atoms with Crippen LogP contribution >= 0.6 is 22.7 Å². The fourth-order valence-corrected chi connectivity index (χ4v) is 3.49. The predicted octanol–water partition coefficient (Wildman–Crippen LogP) is 1.37. The molecule has 12 heteroatoms. The number of anilines is 1. The van der Waals surface area contributed by atoms with Crippen molar-refractivity contribution in [3.05, 3.63) is 39.0 Å². The molecule has 3 rings (SSSR count). The van der Waals surface area contributed by atoms with E-state index in [1.165, 1.54) is 18.1 Å². The van der Waals surface area contributed by atoms with E-state index in [0.29, 0.717) is 11.4 Å². The van der Waals surface area contributed by atoms with Gasteiger partial charge in [0.1, 0.15) is 16.1 Å². The molecule has 0 aliphatic carbocycles. The fourth-order valence-electron chi connectivity index (χ4n) is 1.95. The van der Waals surface area contributed by atoms with E-state index in [2.05, 4.69) is 25.6 Å². The first kappa shape index (κ1) is 17.7. The summed E-state index contributed by atoms with van der Waals surface area (Å²) in [5.41, 5.74) is 0.754. The molecule has 0 atom stereocenters. The number of thiophene rings is 2. The van der Waals surface area contributed by atoms with Gasteiger partial charge in [-0.1, -0.05) is 0 Å². The van der Waals surface area contributed by atoms with Crippen molar-refractivity contribution in [1.29, 1.82) is 0 Å². The minimum Gasteiger partial charge on any atom is -0.465 e. The van der Waals surface area contributed by atoms with Crippen molar-refractivity contribution in [3.63, 3.8) is 0 Å². The highest BCUT2D eigenvalue weighted by atomic mass is 32.1. The Balaban J connectivity index is 1.61. The van der Waals surface area contributed by atoms with Gasteiger partial charge in [-0.25, -0.2) is 9.59 Å². The third-order valence-corrected chi connectivity index (χ3v) is 4.85. The van der Waals surface area contributed by atoms with Crippen molar-refractivity contribution >= 4 is 46.2 Å². The number of esters is 2. The zero-order chi connectivity index (χ0) is 18.5. The number of amides is 1. The van der Waals surface area contributed by atoms with Gasteiger partial charge < -0.3 is 14.8 Å². The van der Waals surface area contributed by atoms with Crippen LogP contribution in [0.2, 0.25) is 0 Å². The summed E-state index contributed by atoms with van der Waals surface area (Å²) in [7, 11) is 1.25. The molecule has 3 aromatic heterocycles. The number of ether oxygens (including phenoxy) is 2. The molecule has 0 radical (unpaired) electrons. The number of tetrazole rings is 1. The van der Waals surface area contributed by atoms with Crippen molar-refractivity contribution in [2.24, 2.45) is 0 Å². The van der Waals surface area contributed by atoms with Gasteiger partial charge in [0.15, 0.2) is 6.61 Å². The number of nitrogens with one attached hydrogen (secondary N) is 1. The number of methoxy groups -OCH3 is 1. The van der Waals surface area contributed by atoms with Crippen LogP contribution in [0.5, 0.6) is 0 Å². The summed E-state index contributed by atoms with van der Waals surface area (Å²) >= 11 is 2.27. The van der Waals surface area contributed by atoms with E-state index < -0.39 is 24.5 Å². The Hall–Kier alpha value is -3.12. The maximum absolute atomic E-state index is 12.2. The zero-order valence-corrected chi connectivity index (χ0v) is 14.9. The number of carbonyl (C=O) groups excluding carboxylic acids is 3. The van der Waals surface area contributed by atoms with Crippen molar-refractivity contribution in [2.45, 2.75) is 0 Å². The smallest absolute Gasteiger partial charge is 0.351 e. The Labute approximate surface area is 154 Å². The Kier molecular flexibility index (Phi) is 5.34. The number of carbonyl (C=O) groups is 3. The topological polar surface area (TPSA) is 125 Å². The highest BCUT2D eigenvalue weighted by molar-refractivity contribution is 7.12. The van der Waals surface area contributed by atoms with Crippen LogP contribution in [0.15, 0.2) is 29.2 Å². The third-order valence-electron chi connectivity index (χ3n) is 3.07. The molecule has 0 spiro atoms. The van der Waals surface area contributed by atoms with Gasteiger partial charge in [0.25, 0.3) is 5.91 Å². The summed E-state index contributed by atoms with van der Waals surface area (Å²) in [5, 5.41) is 16.6. The lowest BCUT2D eigenvalue weighted by Crippen LogP contribution is -2.21. The van der Waals surface area contributed by atoms with Gasteiger partial charge in [-0.05, 0) is 33.3 Å². The molecule has 0 bridgehead atoms. The van der Waals surface area contributed by atoms with E-state index >= 15 is 0 Å². The first-order valence-corrected chi connectivity index (χ1v) is 8.79. The van der Waals surface area contributed by atoms with E-state index in [4.69, 9.17) is 4.74 Å². The Morgan fingerprint density at radius 2 is 1.92 bits per heavy atom.